The molecule has 2 aliphatic rings. The first-order valence-electron chi connectivity index (χ1n) is 12.9. The number of hydrogen-bond donors (Lipinski definition) is 1. The van der Waals surface area contributed by atoms with Crippen molar-refractivity contribution in [2.75, 3.05) is 32.7 Å². The molecule has 7 heteroatoms. The van der Waals surface area contributed by atoms with E-state index in [0.717, 1.165) is 50.4 Å². The Balaban J connectivity index is 1.11. The molecule has 2 aliphatic heterocycles. The van der Waals surface area contributed by atoms with Crippen molar-refractivity contribution in [1.82, 2.24) is 20.0 Å². The van der Waals surface area contributed by atoms with E-state index in [-0.39, 0.29) is 24.3 Å². The van der Waals surface area contributed by atoms with Gasteiger partial charge in [-0.3, -0.25) is 24.2 Å². The van der Waals surface area contributed by atoms with Crippen LogP contribution in [-0.4, -0.2) is 65.1 Å². The number of hydrogen-bond acceptors (Lipinski definition) is 5. The van der Waals surface area contributed by atoms with Crippen molar-refractivity contribution >= 4 is 17.7 Å². The molecule has 1 saturated heterocycles. The average Bonchev–Trinajstić information content (AvgIpc) is 3.18. The lowest BCUT2D eigenvalue weighted by molar-refractivity contribution is 0.0641. The Kier molecular flexibility index (Phi) is 7.44. The summed E-state index contributed by atoms with van der Waals surface area (Å²) in [6.45, 7) is 9.37. The van der Waals surface area contributed by atoms with E-state index in [2.05, 4.69) is 46.3 Å². The van der Waals surface area contributed by atoms with E-state index in [4.69, 9.17) is 0 Å². The lowest BCUT2D eigenvalue weighted by Gasteiger charge is -2.34. The van der Waals surface area contributed by atoms with Crippen LogP contribution in [0.15, 0.2) is 72.8 Å². The Labute approximate surface area is 217 Å². The van der Waals surface area contributed by atoms with Gasteiger partial charge in [-0.2, -0.15) is 0 Å². The number of benzene rings is 3. The second-order valence-corrected chi connectivity index (χ2v) is 9.65. The van der Waals surface area contributed by atoms with Gasteiger partial charge in [0.15, 0.2) is 0 Å². The molecule has 190 valence electrons. The van der Waals surface area contributed by atoms with E-state index < -0.39 is 0 Å². The van der Waals surface area contributed by atoms with Crippen LogP contribution >= 0.6 is 0 Å². The van der Waals surface area contributed by atoms with Gasteiger partial charge in [0.25, 0.3) is 17.7 Å². The monoisotopic (exact) mass is 496 g/mol. The van der Waals surface area contributed by atoms with Gasteiger partial charge in [0.05, 0.1) is 17.7 Å². The molecule has 5 rings (SSSR count). The fourth-order valence-electron chi connectivity index (χ4n) is 4.90. The summed E-state index contributed by atoms with van der Waals surface area (Å²) < 4.78 is 0. The molecule has 0 saturated carbocycles. The van der Waals surface area contributed by atoms with E-state index >= 15 is 0 Å². The molecule has 0 atom stereocenters. The van der Waals surface area contributed by atoms with Crippen LogP contribution < -0.4 is 5.32 Å². The van der Waals surface area contributed by atoms with Crippen molar-refractivity contribution < 1.29 is 14.4 Å². The van der Waals surface area contributed by atoms with Gasteiger partial charge in [0.1, 0.15) is 0 Å². The molecule has 0 bridgehead atoms. The maximum absolute atomic E-state index is 12.7. The maximum Gasteiger partial charge on any atom is 0.261 e. The summed E-state index contributed by atoms with van der Waals surface area (Å²) in [4.78, 5) is 44.1. The number of nitrogens with one attached hydrogen (secondary N) is 1. The number of imide groups is 1. The minimum Gasteiger partial charge on any atom is -0.348 e. The highest BCUT2D eigenvalue weighted by Crippen LogP contribution is 2.24. The van der Waals surface area contributed by atoms with Gasteiger partial charge in [-0.25, -0.2) is 0 Å². The zero-order valence-corrected chi connectivity index (χ0v) is 21.2. The van der Waals surface area contributed by atoms with Crippen molar-refractivity contribution in [3.05, 3.63) is 106 Å². The molecule has 0 aliphatic carbocycles. The Hall–Kier alpha value is -3.81. The Morgan fingerprint density at radius 2 is 1.22 bits per heavy atom. The van der Waals surface area contributed by atoms with Gasteiger partial charge < -0.3 is 10.2 Å². The second-order valence-electron chi connectivity index (χ2n) is 9.65. The number of rotatable bonds is 8. The SMILES string of the molecule is CCN1CCN(Cc2ccc(CNC(=O)c3ccc(CN4C(=O)c5ccccc5C4=O)cc3)cc2)CC1. The zero-order chi connectivity index (χ0) is 25.8. The van der Waals surface area contributed by atoms with Gasteiger partial charge in [-0.05, 0) is 47.5 Å². The van der Waals surface area contributed by atoms with E-state index in [1.807, 2.05) is 0 Å². The van der Waals surface area contributed by atoms with Gasteiger partial charge in [-0.1, -0.05) is 55.5 Å². The minimum atomic E-state index is -0.285. The van der Waals surface area contributed by atoms with Crippen LogP contribution in [0.25, 0.3) is 0 Å². The van der Waals surface area contributed by atoms with Crippen LogP contribution in [0.1, 0.15) is 54.7 Å². The summed E-state index contributed by atoms with van der Waals surface area (Å²) in [5, 5.41) is 2.97. The molecule has 3 aromatic rings. The normalized spacial score (nSPS) is 16.2. The number of carbonyl (C=O) groups is 3. The van der Waals surface area contributed by atoms with E-state index in [0.29, 0.717) is 23.2 Å². The number of likely N-dealkylation sites (N-methyl/N-ethyl adjacent to an activating group) is 1. The summed E-state index contributed by atoms with van der Waals surface area (Å²) in [7, 11) is 0. The van der Waals surface area contributed by atoms with E-state index in [1.165, 1.54) is 10.5 Å². The molecule has 0 unspecified atom stereocenters. The second kappa shape index (κ2) is 11.1. The molecule has 3 amide bonds. The van der Waals surface area contributed by atoms with Crippen LogP contribution in [0.3, 0.4) is 0 Å². The average molecular weight is 497 g/mol. The lowest BCUT2D eigenvalue weighted by atomic mass is 10.1. The largest absolute Gasteiger partial charge is 0.348 e. The quantitative estimate of drug-likeness (QED) is 0.483. The number of piperazine rings is 1. The summed E-state index contributed by atoms with van der Waals surface area (Å²) in [5.74, 6) is -0.731. The fraction of sp³-hybridized carbons (Fsp3) is 0.300. The summed E-state index contributed by atoms with van der Waals surface area (Å²) in [5.41, 5.74) is 4.54. The van der Waals surface area contributed by atoms with Gasteiger partial charge in [0.2, 0.25) is 0 Å². The topological polar surface area (TPSA) is 73.0 Å². The zero-order valence-electron chi connectivity index (χ0n) is 21.2. The summed E-state index contributed by atoms with van der Waals surface area (Å²) in [6, 6.07) is 22.3. The minimum absolute atomic E-state index is 0.162. The number of nitrogens with zero attached hydrogens (tertiary/aromatic N) is 3. The molecule has 1 fully saturated rings. The first-order valence-corrected chi connectivity index (χ1v) is 12.9. The third kappa shape index (κ3) is 5.63. The van der Waals surface area contributed by atoms with Crippen molar-refractivity contribution in [2.24, 2.45) is 0 Å². The van der Waals surface area contributed by atoms with Crippen LogP contribution in [-0.2, 0) is 19.6 Å². The highest BCUT2D eigenvalue weighted by atomic mass is 16.2. The van der Waals surface area contributed by atoms with Crippen LogP contribution in [0.2, 0.25) is 0 Å². The Morgan fingerprint density at radius 3 is 1.81 bits per heavy atom. The summed E-state index contributed by atoms with van der Waals surface area (Å²) >= 11 is 0. The molecule has 0 radical (unpaired) electrons. The van der Waals surface area contributed by atoms with Gasteiger partial charge in [0, 0.05) is 44.8 Å². The third-order valence-corrected chi connectivity index (χ3v) is 7.23. The summed E-state index contributed by atoms with van der Waals surface area (Å²) in [6.07, 6.45) is 0. The van der Waals surface area contributed by atoms with E-state index in [1.54, 1.807) is 48.5 Å². The molecule has 0 spiro atoms. The first-order chi connectivity index (χ1) is 18.0. The predicted octanol–water partition coefficient (Wildman–Crippen LogP) is 3.55. The molecule has 37 heavy (non-hydrogen) atoms. The molecule has 0 aromatic heterocycles. The molecular weight excluding hydrogens is 464 g/mol. The standard InChI is InChI=1S/C30H32N4O3/c1-2-32-15-17-33(18-16-32)20-23-9-7-22(8-10-23)19-31-28(35)25-13-11-24(12-14-25)21-34-29(36)26-5-3-4-6-27(26)30(34)37/h3-14H,2,15-21H2,1H3,(H,31,35). The molecule has 7 nitrogen and oxygen atoms in total. The maximum atomic E-state index is 12.7. The Bertz CT molecular complexity index is 1240. The highest BCUT2D eigenvalue weighted by molar-refractivity contribution is 6.21. The number of carbonyl (C=O) groups excluding carboxylic acids is 3. The Morgan fingerprint density at radius 1 is 0.703 bits per heavy atom. The number of fused-ring (bicyclic) bond motifs is 1. The third-order valence-electron chi connectivity index (χ3n) is 7.23. The molecule has 3 aromatic carbocycles. The van der Waals surface area contributed by atoms with Crippen LogP contribution in [0.4, 0.5) is 0 Å². The van der Waals surface area contributed by atoms with Gasteiger partial charge >= 0.3 is 0 Å². The van der Waals surface area contributed by atoms with Crippen molar-refractivity contribution in [2.45, 2.75) is 26.6 Å². The molecular formula is C30H32N4O3. The van der Waals surface area contributed by atoms with Crippen molar-refractivity contribution in [1.29, 1.82) is 0 Å². The smallest absolute Gasteiger partial charge is 0.261 e. The van der Waals surface area contributed by atoms with Crippen LogP contribution in [0.5, 0.6) is 0 Å². The molecule has 1 N–H and O–H groups in total. The fourth-order valence-corrected chi connectivity index (χ4v) is 4.90. The van der Waals surface area contributed by atoms with Crippen molar-refractivity contribution in [3.63, 3.8) is 0 Å². The highest BCUT2D eigenvalue weighted by Gasteiger charge is 2.34. The molecule has 2 heterocycles. The van der Waals surface area contributed by atoms with Crippen molar-refractivity contribution in [3.8, 4) is 0 Å². The lowest BCUT2D eigenvalue weighted by Crippen LogP contribution is -2.45. The first kappa shape index (κ1) is 24.9. The number of amides is 3. The predicted molar refractivity (Wildman–Crippen MR) is 142 cm³/mol. The van der Waals surface area contributed by atoms with E-state index in [9.17, 15) is 14.4 Å². The van der Waals surface area contributed by atoms with Gasteiger partial charge in [-0.15, -0.1) is 0 Å². The van der Waals surface area contributed by atoms with Crippen LogP contribution in [0, 0.1) is 0 Å².